The summed E-state index contributed by atoms with van der Waals surface area (Å²) in [4.78, 5) is 16.2. The Bertz CT molecular complexity index is 982. The molecule has 0 unspecified atom stereocenters. The second kappa shape index (κ2) is 7.92. The van der Waals surface area contributed by atoms with Crippen molar-refractivity contribution in [1.82, 2.24) is 10.3 Å². The molecule has 0 aliphatic heterocycles. The number of fused-ring (bicyclic) bond motifs is 1. The van der Waals surface area contributed by atoms with Crippen LogP contribution in [0.1, 0.15) is 22.6 Å². The zero-order valence-corrected chi connectivity index (χ0v) is 15.1. The van der Waals surface area contributed by atoms with Crippen molar-refractivity contribution in [3.8, 4) is 0 Å². The van der Waals surface area contributed by atoms with E-state index in [1.54, 1.807) is 0 Å². The zero-order valence-electron chi connectivity index (χ0n) is 15.1. The SMILES string of the molecule is O=C(NCCc1ccc2[nH]ccc2c1)C(c1ccccc1)c1ccccc1. The number of carbonyl (C=O) groups excluding carboxylic acids is 1. The Morgan fingerprint density at radius 2 is 1.52 bits per heavy atom. The molecule has 3 aromatic carbocycles. The molecule has 1 amide bonds. The van der Waals surface area contributed by atoms with Gasteiger partial charge in [0.15, 0.2) is 0 Å². The summed E-state index contributed by atoms with van der Waals surface area (Å²) in [6.45, 7) is 0.616. The maximum absolute atomic E-state index is 13.0. The molecule has 3 nitrogen and oxygen atoms in total. The highest BCUT2D eigenvalue weighted by molar-refractivity contribution is 5.87. The number of nitrogens with one attached hydrogen (secondary N) is 2. The van der Waals surface area contributed by atoms with Crippen molar-refractivity contribution in [2.24, 2.45) is 0 Å². The van der Waals surface area contributed by atoms with Crippen LogP contribution in [-0.4, -0.2) is 17.4 Å². The van der Waals surface area contributed by atoms with E-state index in [2.05, 4.69) is 34.6 Å². The predicted octanol–water partition coefficient (Wildman–Crippen LogP) is 4.66. The van der Waals surface area contributed by atoms with Gasteiger partial charge in [0.2, 0.25) is 5.91 Å². The topological polar surface area (TPSA) is 44.9 Å². The number of hydrogen-bond donors (Lipinski definition) is 2. The van der Waals surface area contributed by atoms with Crippen molar-refractivity contribution < 1.29 is 4.79 Å². The van der Waals surface area contributed by atoms with Crippen LogP contribution in [0.15, 0.2) is 91.1 Å². The third-order valence-corrected chi connectivity index (χ3v) is 4.86. The standard InChI is InChI=1S/C24H22N2O/c27-24(26-15-13-18-11-12-22-21(17-18)14-16-25-22)23(19-7-3-1-4-8-19)20-9-5-2-6-10-20/h1-12,14,16-17,23,25H,13,15H2,(H,26,27). The molecule has 0 radical (unpaired) electrons. The van der Waals surface area contributed by atoms with Crippen LogP contribution in [0, 0.1) is 0 Å². The second-order valence-corrected chi connectivity index (χ2v) is 6.69. The van der Waals surface area contributed by atoms with E-state index in [9.17, 15) is 4.79 Å². The smallest absolute Gasteiger partial charge is 0.232 e. The van der Waals surface area contributed by atoms with Crippen molar-refractivity contribution in [2.75, 3.05) is 6.54 Å². The molecular formula is C24H22N2O. The molecule has 1 aromatic heterocycles. The van der Waals surface area contributed by atoms with Gasteiger partial charge in [-0.3, -0.25) is 4.79 Å². The maximum atomic E-state index is 13.0. The molecule has 4 aromatic rings. The fourth-order valence-electron chi connectivity index (χ4n) is 3.48. The number of rotatable bonds is 6. The molecule has 27 heavy (non-hydrogen) atoms. The molecule has 0 spiro atoms. The average molecular weight is 354 g/mol. The number of carbonyl (C=O) groups is 1. The molecule has 2 N–H and O–H groups in total. The molecule has 134 valence electrons. The van der Waals surface area contributed by atoms with Gasteiger partial charge in [-0.2, -0.15) is 0 Å². The third-order valence-electron chi connectivity index (χ3n) is 4.86. The van der Waals surface area contributed by atoms with Gasteiger partial charge < -0.3 is 10.3 Å². The average Bonchev–Trinajstić information content (AvgIpc) is 3.18. The van der Waals surface area contributed by atoms with Crippen LogP contribution in [0.4, 0.5) is 0 Å². The minimum Gasteiger partial charge on any atom is -0.361 e. The van der Waals surface area contributed by atoms with Crippen LogP contribution < -0.4 is 5.32 Å². The van der Waals surface area contributed by atoms with Gasteiger partial charge in [-0.25, -0.2) is 0 Å². The predicted molar refractivity (Wildman–Crippen MR) is 110 cm³/mol. The number of benzene rings is 3. The highest BCUT2D eigenvalue weighted by atomic mass is 16.1. The first-order valence-electron chi connectivity index (χ1n) is 9.25. The van der Waals surface area contributed by atoms with E-state index in [0.29, 0.717) is 6.54 Å². The van der Waals surface area contributed by atoms with E-state index in [-0.39, 0.29) is 11.8 Å². The van der Waals surface area contributed by atoms with Crippen LogP contribution in [0.2, 0.25) is 0 Å². The summed E-state index contributed by atoms with van der Waals surface area (Å²) in [7, 11) is 0. The number of hydrogen-bond acceptors (Lipinski definition) is 1. The number of aromatic nitrogens is 1. The lowest BCUT2D eigenvalue weighted by Crippen LogP contribution is -2.31. The lowest BCUT2D eigenvalue weighted by Gasteiger charge is -2.18. The van der Waals surface area contributed by atoms with Gasteiger partial charge in [0, 0.05) is 18.3 Å². The maximum Gasteiger partial charge on any atom is 0.232 e. The lowest BCUT2D eigenvalue weighted by atomic mass is 9.90. The molecule has 3 heteroatoms. The van der Waals surface area contributed by atoms with Crippen molar-refractivity contribution in [3.05, 3.63) is 108 Å². The van der Waals surface area contributed by atoms with Crippen LogP contribution in [0.25, 0.3) is 10.9 Å². The first-order chi connectivity index (χ1) is 13.3. The zero-order chi connectivity index (χ0) is 18.5. The first-order valence-corrected chi connectivity index (χ1v) is 9.25. The van der Waals surface area contributed by atoms with Gasteiger partial charge in [0.05, 0.1) is 5.92 Å². The summed E-state index contributed by atoms with van der Waals surface area (Å²) >= 11 is 0. The highest BCUT2D eigenvalue weighted by Crippen LogP contribution is 2.24. The van der Waals surface area contributed by atoms with Gasteiger partial charge in [0.1, 0.15) is 0 Å². The molecule has 0 saturated heterocycles. The minimum atomic E-state index is -0.292. The van der Waals surface area contributed by atoms with Crippen LogP contribution in [0.3, 0.4) is 0 Å². The Morgan fingerprint density at radius 3 is 2.19 bits per heavy atom. The van der Waals surface area contributed by atoms with Crippen LogP contribution in [0.5, 0.6) is 0 Å². The molecule has 0 bridgehead atoms. The monoisotopic (exact) mass is 354 g/mol. The van der Waals surface area contributed by atoms with Crippen molar-refractivity contribution in [2.45, 2.75) is 12.3 Å². The lowest BCUT2D eigenvalue weighted by molar-refractivity contribution is -0.121. The first kappa shape index (κ1) is 17.1. The van der Waals surface area contributed by atoms with Gasteiger partial charge >= 0.3 is 0 Å². The molecule has 0 aliphatic carbocycles. The molecular weight excluding hydrogens is 332 g/mol. The van der Waals surface area contributed by atoms with E-state index in [0.717, 1.165) is 23.1 Å². The summed E-state index contributed by atoms with van der Waals surface area (Å²) in [5.41, 5.74) is 4.37. The fourth-order valence-corrected chi connectivity index (χ4v) is 3.48. The number of amides is 1. The van der Waals surface area contributed by atoms with Gasteiger partial charge in [-0.15, -0.1) is 0 Å². The van der Waals surface area contributed by atoms with Crippen molar-refractivity contribution in [3.63, 3.8) is 0 Å². The van der Waals surface area contributed by atoms with Crippen LogP contribution in [-0.2, 0) is 11.2 Å². The Hall–Kier alpha value is -3.33. The van der Waals surface area contributed by atoms with Crippen LogP contribution >= 0.6 is 0 Å². The van der Waals surface area contributed by atoms with E-state index >= 15 is 0 Å². The minimum absolute atomic E-state index is 0.0372. The third kappa shape index (κ3) is 3.93. The molecule has 0 saturated carbocycles. The molecule has 0 aliphatic rings. The quantitative estimate of drug-likeness (QED) is 0.520. The second-order valence-electron chi connectivity index (χ2n) is 6.69. The van der Waals surface area contributed by atoms with E-state index in [1.165, 1.54) is 10.9 Å². The van der Waals surface area contributed by atoms with Gasteiger partial charge in [-0.1, -0.05) is 66.7 Å². The van der Waals surface area contributed by atoms with E-state index in [4.69, 9.17) is 0 Å². The van der Waals surface area contributed by atoms with E-state index in [1.807, 2.05) is 66.9 Å². The molecule has 1 heterocycles. The number of aromatic amines is 1. The molecule has 0 atom stereocenters. The van der Waals surface area contributed by atoms with E-state index < -0.39 is 0 Å². The molecule has 4 rings (SSSR count). The van der Waals surface area contributed by atoms with Gasteiger partial charge in [0.25, 0.3) is 0 Å². The van der Waals surface area contributed by atoms with Gasteiger partial charge in [-0.05, 0) is 46.7 Å². The highest BCUT2D eigenvalue weighted by Gasteiger charge is 2.21. The summed E-state index contributed by atoms with van der Waals surface area (Å²) in [5.74, 6) is -0.255. The normalized spacial score (nSPS) is 11.0. The summed E-state index contributed by atoms with van der Waals surface area (Å²) in [6.07, 6.45) is 2.75. The largest absolute Gasteiger partial charge is 0.361 e. The molecule has 0 fully saturated rings. The summed E-state index contributed by atoms with van der Waals surface area (Å²) < 4.78 is 0. The van der Waals surface area contributed by atoms with Crippen molar-refractivity contribution in [1.29, 1.82) is 0 Å². The Labute approximate surface area is 159 Å². The number of H-pyrrole nitrogens is 1. The Morgan fingerprint density at radius 1 is 0.852 bits per heavy atom. The van der Waals surface area contributed by atoms with Crippen molar-refractivity contribution >= 4 is 16.8 Å². The fraction of sp³-hybridized carbons (Fsp3) is 0.125. The summed E-state index contributed by atoms with van der Waals surface area (Å²) in [6, 6.07) is 28.3. The Balaban J connectivity index is 1.47. The Kier molecular flexibility index (Phi) is 5.01. The summed E-state index contributed by atoms with van der Waals surface area (Å²) in [5, 5.41) is 4.32.